The summed E-state index contributed by atoms with van der Waals surface area (Å²) < 4.78 is 27.3. The number of fused-ring (bicyclic) bond motifs is 3. The number of hydrogen-bond donors (Lipinski definition) is 1. The largest absolute Gasteiger partial charge is 0.312 e. The number of hydrogen-bond acceptors (Lipinski definition) is 5. The molecule has 0 saturated heterocycles. The van der Waals surface area contributed by atoms with E-state index >= 15 is 0 Å². The fourth-order valence-electron chi connectivity index (χ4n) is 1.98. The van der Waals surface area contributed by atoms with Gasteiger partial charge in [0.1, 0.15) is 0 Å². The number of sulfonamides is 1. The summed E-state index contributed by atoms with van der Waals surface area (Å²) in [6.45, 7) is 0.662. The quantitative estimate of drug-likeness (QED) is 0.588. The summed E-state index contributed by atoms with van der Waals surface area (Å²) in [5, 5.41) is 10.6. The Balaban J connectivity index is 2.35. The smallest absolute Gasteiger partial charge is 0.274 e. The van der Waals surface area contributed by atoms with Gasteiger partial charge in [-0.1, -0.05) is 0 Å². The third-order valence-corrected chi connectivity index (χ3v) is 4.15. The SMILES string of the molecule is O=[N+]([O-])c1ccc2nc3n(c2c1)CCNS3(=O)=O. The maximum Gasteiger partial charge on any atom is 0.274 e. The topological polar surface area (TPSA) is 107 Å². The number of nitro benzene ring substituents is 1. The van der Waals surface area contributed by atoms with Crippen LogP contribution in [0.25, 0.3) is 11.0 Å². The summed E-state index contributed by atoms with van der Waals surface area (Å²) in [6, 6.07) is 4.10. The summed E-state index contributed by atoms with van der Waals surface area (Å²) >= 11 is 0. The van der Waals surface area contributed by atoms with E-state index in [9.17, 15) is 18.5 Å². The summed E-state index contributed by atoms with van der Waals surface area (Å²) in [6.07, 6.45) is 0. The highest BCUT2D eigenvalue weighted by Gasteiger charge is 2.27. The van der Waals surface area contributed by atoms with E-state index in [2.05, 4.69) is 9.71 Å². The Morgan fingerprint density at radius 1 is 1.44 bits per heavy atom. The molecular weight excluding hydrogens is 260 g/mol. The average molecular weight is 268 g/mol. The first kappa shape index (κ1) is 11.1. The number of imidazole rings is 1. The molecule has 0 amide bonds. The second-order valence-corrected chi connectivity index (χ2v) is 5.53. The molecule has 9 heteroatoms. The molecule has 1 N–H and O–H groups in total. The standard InChI is InChI=1S/C9H8N4O4S/c14-13(15)6-1-2-7-8(5-6)12-4-3-10-18(16,17)9(12)11-7/h1-2,5,10H,3-4H2. The number of non-ortho nitro benzene ring substituents is 1. The van der Waals surface area contributed by atoms with E-state index in [0.717, 1.165) is 0 Å². The van der Waals surface area contributed by atoms with E-state index < -0.39 is 14.9 Å². The van der Waals surface area contributed by atoms with Crippen LogP contribution in [0.1, 0.15) is 0 Å². The predicted molar refractivity (Wildman–Crippen MR) is 61.6 cm³/mol. The van der Waals surface area contributed by atoms with Gasteiger partial charge in [-0.05, 0) is 6.07 Å². The first-order valence-electron chi connectivity index (χ1n) is 5.13. The van der Waals surface area contributed by atoms with Crippen molar-refractivity contribution >= 4 is 26.7 Å². The second-order valence-electron chi connectivity index (χ2n) is 3.87. The van der Waals surface area contributed by atoms with E-state index in [1.165, 1.54) is 22.8 Å². The Morgan fingerprint density at radius 2 is 2.22 bits per heavy atom. The number of nitrogens with zero attached hydrogens (tertiary/aromatic N) is 3. The number of nitrogens with one attached hydrogen (secondary N) is 1. The fourth-order valence-corrected chi connectivity index (χ4v) is 3.17. The fraction of sp³-hybridized carbons (Fsp3) is 0.222. The number of rotatable bonds is 1. The van der Waals surface area contributed by atoms with Crippen molar-refractivity contribution in [2.45, 2.75) is 11.7 Å². The number of aromatic nitrogens is 2. The lowest BCUT2D eigenvalue weighted by atomic mass is 10.3. The molecule has 1 aromatic heterocycles. The molecule has 0 unspecified atom stereocenters. The van der Waals surface area contributed by atoms with Crippen LogP contribution in [0.2, 0.25) is 0 Å². The number of nitro groups is 1. The Morgan fingerprint density at radius 3 is 2.94 bits per heavy atom. The van der Waals surface area contributed by atoms with Crippen molar-refractivity contribution in [1.29, 1.82) is 0 Å². The predicted octanol–water partition coefficient (Wildman–Crippen LogP) is 0.236. The second kappa shape index (κ2) is 3.50. The highest BCUT2D eigenvalue weighted by atomic mass is 32.2. The first-order chi connectivity index (χ1) is 8.49. The summed E-state index contributed by atoms with van der Waals surface area (Å²) in [5.41, 5.74) is 0.813. The monoisotopic (exact) mass is 268 g/mol. The molecular formula is C9H8N4O4S. The minimum atomic E-state index is -3.61. The molecule has 94 valence electrons. The highest BCUT2D eigenvalue weighted by Crippen LogP contribution is 2.25. The minimum absolute atomic E-state index is 0.0823. The van der Waals surface area contributed by atoms with Gasteiger partial charge >= 0.3 is 0 Å². The van der Waals surface area contributed by atoms with Crippen molar-refractivity contribution in [2.24, 2.45) is 0 Å². The van der Waals surface area contributed by atoms with Crippen molar-refractivity contribution in [3.8, 4) is 0 Å². The van der Waals surface area contributed by atoms with Gasteiger partial charge in [-0.25, -0.2) is 18.1 Å². The molecule has 0 saturated carbocycles. The van der Waals surface area contributed by atoms with E-state index in [1.54, 1.807) is 0 Å². The van der Waals surface area contributed by atoms with Crippen LogP contribution < -0.4 is 4.72 Å². The van der Waals surface area contributed by atoms with Crippen molar-refractivity contribution in [2.75, 3.05) is 6.54 Å². The molecule has 1 aromatic carbocycles. The lowest BCUT2D eigenvalue weighted by molar-refractivity contribution is -0.384. The molecule has 3 rings (SSSR count). The zero-order valence-electron chi connectivity index (χ0n) is 9.03. The Hall–Kier alpha value is -2.00. The van der Waals surface area contributed by atoms with Gasteiger partial charge in [-0.2, -0.15) is 0 Å². The third-order valence-electron chi connectivity index (χ3n) is 2.78. The van der Waals surface area contributed by atoms with Crippen LogP contribution in [0, 0.1) is 10.1 Å². The molecule has 2 heterocycles. The third kappa shape index (κ3) is 1.48. The van der Waals surface area contributed by atoms with Crippen molar-refractivity contribution in [3.05, 3.63) is 28.3 Å². The molecule has 8 nitrogen and oxygen atoms in total. The van der Waals surface area contributed by atoms with E-state index in [-0.39, 0.29) is 17.4 Å². The van der Waals surface area contributed by atoms with E-state index in [0.29, 0.717) is 17.6 Å². The van der Waals surface area contributed by atoms with Gasteiger partial charge in [0.2, 0.25) is 5.16 Å². The molecule has 1 aliphatic heterocycles. The van der Waals surface area contributed by atoms with E-state index in [4.69, 9.17) is 0 Å². The summed E-state index contributed by atoms with van der Waals surface area (Å²) in [5.74, 6) is 0. The maximum absolute atomic E-state index is 11.7. The van der Waals surface area contributed by atoms with Crippen LogP contribution >= 0.6 is 0 Å². The molecule has 0 aliphatic carbocycles. The lowest BCUT2D eigenvalue weighted by Gasteiger charge is -2.15. The van der Waals surface area contributed by atoms with Crippen LogP contribution in [-0.4, -0.2) is 29.4 Å². The maximum atomic E-state index is 11.7. The van der Waals surface area contributed by atoms with Crippen molar-refractivity contribution in [3.63, 3.8) is 0 Å². The molecule has 2 aromatic rings. The van der Waals surface area contributed by atoms with E-state index in [1.807, 2.05) is 0 Å². The summed E-state index contributed by atoms with van der Waals surface area (Å²) in [4.78, 5) is 14.2. The summed E-state index contributed by atoms with van der Waals surface area (Å²) in [7, 11) is -3.61. The van der Waals surface area contributed by atoms with Gasteiger partial charge in [0.25, 0.3) is 15.7 Å². The Kier molecular flexibility index (Phi) is 2.16. The van der Waals surface area contributed by atoms with Crippen LogP contribution in [0.5, 0.6) is 0 Å². The normalized spacial score (nSPS) is 17.6. The van der Waals surface area contributed by atoms with Gasteiger partial charge in [0.05, 0.1) is 16.0 Å². The van der Waals surface area contributed by atoms with Crippen LogP contribution in [0.3, 0.4) is 0 Å². The number of benzene rings is 1. The molecule has 18 heavy (non-hydrogen) atoms. The van der Waals surface area contributed by atoms with Crippen molar-refractivity contribution in [1.82, 2.24) is 14.3 Å². The average Bonchev–Trinajstić information content (AvgIpc) is 2.68. The van der Waals surface area contributed by atoms with Crippen LogP contribution in [0.15, 0.2) is 23.4 Å². The van der Waals surface area contributed by atoms with Gasteiger partial charge < -0.3 is 4.57 Å². The Labute approximate surface area is 101 Å². The first-order valence-corrected chi connectivity index (χ1v) is 6.62. The van der Waals surface area contributed by atoms with Gasteiger partial charge in [0.15, 0.2) is 0 Å². The highest BCUT2D eigenvalue weighted by molar-refractivity contribution is 7.89. The molecule has 0 spiro atoms. The molecule has 0 bridgehead atoms. The van der Waals surface area contributed by atoms with Gasteiger partial charge in [-0.15, -0.1) is 0 Å². The zero-order valence-corrected chi connectivity index (χ0v) is 9.85. The Bertz CT molecular complexity index is 764. The van der Waals surface area contributed by atoms with Gasteiger partial charge in [0, 0.05) is 25.2 Å². The molecule has 1 aliphatic rings. The molecule has 0 atom stereocenters. The van der Waals surface area contributed by atoms with Crippen LogP contribution in [-0.2, 0) is 16.6 Å². The van der Waals surface area contributed by atoms with Crippen molar-refractivity contribution < 1.29 is 13.3 Å². The molecule has 0 radical (unpaired) electrons. The minimum Gasteiger partial charge on any atom is -0.312 e. The van der Waals surface area contributed by atoms with Crippen LogP contribution in [0.4, 0.5) is 5.69 Å². The van der Waals surface area contributed by atoms with Gasteiger partial charge in [-0.3, -0.25) is 10.1 Å². The molecule has 0 fully saturated rings. The zero-order chi connectivity index (χ0) is 12.9. The lowest BCUT2D eigenvalue weighted by Crippen LogP contribution is -2.35.